The van der Waals surface area contributed by atoms with Crippen LogP contribution < -0.4 is 5.32 Å². The molecule has 0 radical (unpaired) electrons. The molecule has 2 aromatic rings. The number of guanidine groups is 1. The van der Waals surface area contributed by atoms with E-state index in [-0.39, 0.29) is 0 Å². The second-order valence-electron chi connectivity index (χ2n) is 8.42. The summed E-state index contributed by atoms with van der Waals surface area (Å²) in [6, 6.07) is 7.45. The second kappa shape index (κ2) is 11.0. The zero-order chi connectivity index (χ0) is 21.5. The van der Waals surface area contributed by atoms with Crippen LogP contribution in [0.2, 0.25) is 5.02 Å². The largest absolute Gasteiger partial charge is 0.378 e. The molecule has 4 rings (SSSR count). The number of halogens is 1. The Labute approximate surface area is 189 Å². The molecule has 168 valence electrons. The number of benzene rings is 1. The number of aliphatic imine (C=N–C) groups is 1. The van der Waals surface area contributed by atoms with Crippen molar-refractivity contribution in [1.82, 2.24) is 20.4 Å². The van der Waals surface area contributed by atoms with Crippen molar-refractivity contribution in [3.63, 3.8) is 0 Å². The summed E-state index contributed by atoms with van der Waals surface area (Å²) in [6.07, 6.45) is 8.57. The molecule has 1 N–H and O–H groups in total. The number of ether oxygens (including phenoxy) is 1. The number of hydrogen-bond acceptors (Lipinski definition) is 5. The van der Waals surface area contributed by atoms with Crippen LogP contribution in [0.1, 0.15) is 44.4 Å². The van der Waals surface area contributed by atoms with Crippen LogP contribution in [-0.2, 0) is 11.2 Å². The average molecular weight is 446 g/mol. The van der Waals surface area contributed by atoms with Gasteiger partial charge >= 0.3 is 0 Å². The molecule has 1 saturated carbocycles. The van der Waals surface area contributed by atoms with Crippen LogP contribution in [-0.4, -0.2) is 60.4 Å². The second-order valence-corrected chi connectivity index (χ2v) is 8.85. The zero-order valence-corrected chi connectivity index (χ0v) is 19.0. The molecule has 8 heteroatoms. The number of piperidine rings is 1. The molecule has 31 heavy (non-hydrogen) atoms. The van der Waals surface area contributed by atoms with Crippen LogP contribution in [0.25, 0.3) is 11.4 Å². The van der Waals surface area contributed by atoms with Crippen molar-refractivity contribution in [3.05, 3.63) is 35.2 Å². The number of hydrogen-bond donors (Lipinski definition) is 1. The van der Waals surface area contributed by atoms with Gasteiger partial charge in [0, 0.05) is 50.3 Å². The Morgan fingerprint density at radius 3 is 2.81 bits per heavy atom. The molecule has 0 atom stereocenters. The van der Waals surface area contributed by atoms with Gasteiger partial charge < -0.3 is 19.5 Å². The monoisotopic (exact) mass is 445 g/mol. The van der Waals surface area contributed by atoms with Crippen LogP contribution in [0.15, 0.2) is 33.8 Å². The van der Waals surface area contributed by atoms with Crippen molar-refractivity contribution in [3.8, 4) is 11.4 Å². The number of nitrogens with one attached hydrogen (secondary N) is 1. The van der Waals surface area contributed by atoms with Gasteiger partial charge in [-0.3, -0.25) is 4.99 Å². The minimum Gasteiger partial charge on any atom is -0.378 e. The van der Waals surface area contributed by atoms with Crippen molar-refractivity contribution in [1.29, 1.82) is 0 Å². The van der Waals surface area contributed by atoms with Crippen molar-refractivity contribution in [2.24, 2.45) is 10.9 Å². The van der Waals surface area contributed by atoms with Crippen molar-refractivity contribution in [2.75, 3.05) is 33.3 Å². The number of likely N-dealkylation sites (tertiary alicyclic amines) is 1. The molecule has 7 nitrogen and oxygen atoms in total. The first-order valence-electron chi connectivity index (χ1n) is 11.4. The summed E-state index contributed by atoms with van der Waals surface area (Å²) in [5.74, 6) is 2.86. The van der Waals surface area contributed by atoms with Crippen molar-refractivity contribution >= 4 is 17.6 Å². The third kappa shape index (κ3) is 6.20. The molecule has 1 aliphatic carbocycles. The summed E-state index contributed by atoms with van der Waals surface area (Å²) in [7, 11) is 1.83. The number of rotatable bonds is 7. The number of nitrogens with zero attached hydrogens (tertiary/aromatic N) is 4. The lowest BCUT2D eigenvalue weighted by Crippen LogP contribution is -2.47. The van der Waals surface area contributed by atoms with E-state index in [0.29, 0.717) is 35.8 Å². The van der Waals surface area contributed by atoms with Gasteiger partial charge in [-0.15, -0.1) is 0 Å². The normalized spacial score (nSPS) is 18.6. The molecule has 2 aliphatic rings. The first-order chi connectivity index (χ1) is 15.2. The molecule has 2 heterocycles. The maximum Gasteiger partial charge on any atom is 0.228 e. The SMILES string of the molecule is CN=C(NCCc1nc(-c2cccc(Cl)c2)no1)N1CCC(OCC2CCCC2)CC1. The molecule has 0 bridgehead atoms. The lowest BCUT2D eigenvalue weighted by Gasteiger charge is -2.34. The standard InChI is InChI=1S/C23H32ClN5O2/c1-25-23(29-13-10-20(11-14-29)30-16-17-5-2-3-6-17)26-12-9-21-27-22(28-31-21)18-7-4-8-19(24)15-18/h4,7-8,15,17,20H,2-3,5-6,9-14,16H2,1H3,(H,25,26). The fourth-order valence-electron chi connectivity index (χ4n) is 4.40. The Morgan fingerprint density at radius 1 is 1.26 bits per heavy atom. The molecule has 2 fully saturated rings. The highest BCUT2D eigenvalue weighted by molar-refractivity contribution is 6.30. The molecule has 0 amide bonds. The predicted molar refractivity (Wildman–Crippen MR) is 122 cm³/mol. The molecule has 1 aromatic carbocycles. The Hall–Kier alpha value is -2.12. The van der Waals surface area contributed by atoms with Crippen LogP contribution in [0.4, 0.5) is 0 Å². The van der Waals surface area contributed by atoms with Gasteiger partial charge in [-0.25, -0.2) is 0 Å². The fraction of sp³-hybridized carbons (Fsp3) is 0.609. The predicted octanol–water partition coefficient (Wildman–Crippen LogP) is 4.18. The summed E-state index contributed by atoms with van der Waals surface area (Å²) in [6.45, 7) is 3.56. The highest BCUT2D eigenvalue weighted by Gasteiger charge is 2.24. The minimum atomic E-state index is 0.387. The van der Waals surface area contributed by atoms with Crippen molar-refractivity contribution < 1.29 is 9.26 Å². The number of aromatic nitrogens is 2. The maximum atomic E-state index is 6.19. The highest BCUT2D eigenvalue weighted by atomic mass is 35.5. The fourth-order valence-corrected chi connectivity index (χ4v) is 4.59. The average Bonchev–Trinajstić information content (AvgIpc) is 3.48. The molecule has 0 unspecified atom stereocenters. The molecular formula is C23H32ClN5O2. The minimum absolute atomic E-state index is 0.387. The Morgan fingerprint density at radius 2 is 2.06 bits per heavy atom. The van der Waals surface area contributed by atoms with E-state index in [1.165, 1.54) is 25.7 Å². The van der Waals surface area contributed by atoms with E-state index in [9.17, 15) is 0 Å². The van der Waals surface area contributed by atoms with Crippen LogP contribution >= 0.6 is 11.6 Å². The van der Waals surface area contributed by atoms with E-state index >= 15 is 0 Å². The van der Waals surface area contributed by atoms with Gasteiger partial charge in [-0.2, -0.15) is 4.98 Å². The van der Waals surface area contributed by atoms with E-state index in [2.05, 4.69) is 25.3 Å². The smallest absolute Gasteiger partial charge is 0.228 e. The van der Waals surface area contributed by atoms with Gasteiger partial charge in [0.1, 0.15) is 0 Å². The lowest BCUT2D eigenvalue weighted by molar-refractivity contribution is 0.00102. The topological polar surface area (TPSA) is 75.8 Å². The van der Waals surface area contributed by atoms with E-state index in [1.807, 2.05) is 31.3 Å². The van der Waals surface area contributed by atoms with Gasteiger partial charge in [0.2, 0.25) is 11.7 Å². The third-order valence-corrected chi connectivity index (χ3v) is 6.40. The van der Waals surface area contributed by atoms with Crippen LogP contribution in [0.3, 0.4) is 0 Å². The van der Waals surface area contributed by atoms with E-state index in [4.69, 9.17) is 20.9 Å². The summed E-state index contributed by atoms with van der Waals surface area (Å²) < 4.78 is 11.6. The van der Waals surface area contributed by atoms with E-state index in [1.54, 1.807) is 0 Å². The summed E-state index contributed by atoms with van der Waals surface area (Å²) in [4.78, 5) is 11.2. The molecule has 1 saturated heterocycles. The summed E-state index contributed by atoms with van der Waals surface area (Å²) in [5.41, 5.74) is 0.851. The van der Waals surface area contributed by atoms with E-state index < -0.39 is 0 Å². The highest BCUT2D eigenvalue weighted by Crippen LogP contribution is 2.26. The van der Waals surface area contributed by atoms with Gasteiger partial charge in [-0.05, 0) is 43.7 Å². The first kappa shape index (κ1) is 22.1. The van der Waals surface area contributed by atoms with Gasteiger partial charge in [-0.1, -0.05) is 41.7 Å². The quantitative estimate of drug-likeness (QED) is 0.509. The zero-order valence-electron chi connectivity index (χ0n) is 18.2. The maximum absolute atomic E-state index is 6.19. The first-order valence-corrected chi connectivity index (χ1v) is 11.7. The van der Waals surface area contributed by atoms with E-state index in [0.717, 1.165) is 50.0 Å². The molecule has 1 aliphatic heterocycles. The Bertz CT molecular complexity index is 857. The summed E-state index contributed by atoms with van der Waals surface area (Å²) in [5, 5.41) is 8.14. The molecule has 0 spiro atoms. The van der Waals surface area contributed by atoms with Crippen LogP contribution in [0.5, 0.6) is 0 Å². The van der Waals surface area contributed by atoms with Gasteiger partial charge in [0.25, 0.3) is 0 Å². The third-order valence-electron chi connectivity index (χ3n) is 6.17. The summed E-state index contributed by atoms with van der Waals surface area (Å²) >= 11 is 6.04. The molecule has 1 aromatic heterocycles. The van der Waals surface area contributed by atoms with Crippen molar-refractivity contribution in [2.45, 2.75) is 51.0 Å². The lowest BCUT2D eigenvalue weighted by atomic mass is 10.1. The van der Waals surface area contributed by atoms with Gasteiger partial charge in [0.05, 0.1) is 6.10 Å². The van der Waals surface area contributed by atoms with Gasteiger partial charge in [0.15, 0.2) is 5.96 Å². The Kier molecular flexibility index (Phi) is 7.81. The molecular weight excluding hydrogens is 414 g/mol. The Balaban J connectivity index is 1.19. The van der Waals surface area contributed by atoms with Crippen LogP contribution in [0, 0.1) is 5.92 Å².